The first-order valence-electron chi connectivity index (χ1n) is 4.99. The van der Waals surface area contributed by atoms with Gasteiger partial charge in [-0.15, -0.1) is 0 Å². The topological polar surface area (TPSA) is 66.4 Å². The molecule has 1 atom stereocenters. The van der Waals surface area contributed by atoms with Gasteiger partial charge in [0.1, 0.15) is 0 Å². The number of ketones is 1. The Kier molecular flexibility index (Phi) is 2.33. The standard InChI is InChI=1S/C10H14BrNO3/c1-9-3-10(4-9,5-9)7(6(13)2-11)12-8(14)15/h7,12H,2-5H2,1H3,(H,14,15). The Morgan fingerprint density at radius 3 is 2.33 bits per heavy atom. The van der Waals surface area contributed by atoms with Crippen molar-refractivity contribution < 1.29 is 14.7 Å². The highest BCUT2D eigenvalue weighted by molar-refractivity contribution is 9.09. The molecule has 3 aliphatic rings. The summed E-state index contributed by atoms with van der Waals surface area (Å²) in [7, 11) is 0. The molecule has 4 nitrogen and oxygen atoms in total. The SMILES string of the molecule is CC12CC(C(NC(=O)O)C(=O)CBr)(C1)C2. The molecule has 5 heteroatoms. The lowest BCUT2D eigenvalue weighted by atomic mass is 9.33. The summed E-state index contributed by atoms with van der Waals surface area (Å²) in [5.41, 5.74) is 0.309. The second kappa shape index (κ2) is 3.20. The first-order valence-corrected chi connectivity index (χ1v) is 6.11. The summed E-state index contributed by atoms with van der Waals surface area (Å²) in [6.07, 6.45) is 1.82. The fraction of sp³-hybridized carbons (Fsp3) is 0.800. The van der Waals surface area contributed by atoms with Crippen LogP contribution in [0.1, 0.15) is 26.2 Å². The van der Waals surface area contributed by atoms with E-state index >= 15 is 0 Å². The summed E-state index contributed by atoms with van der Waals surface area (Å²) in [6.45, 7) is 2.19. The van der Waals surface area contributed by atoms with E-state index < -0.39 is 12.1 Å². The average Bonchev–Trinajstić information content (AvgIpc) is 2.06. The minimum atomic E-state index is -1.11. The third-order valence-corrected chi connectivity index (χ3v) is 4.22. The van der Waals surface area contributed by atoms with Gasteiger partial charge in [0.25, 0.3) is 0 Å². The summed E-state index contributed by atoms with van der Waals surface area (Å²) < 4.78 is 0. The van der Waals surface area contributed by atoms with Crippen molar-refractivity contribution in [3.8, 4) is 0 Å². The lowest BCUT2D eigenvalue weighted by Crippen LogP contribution is -2.70. The van der Waals surface area contributed by atoms with E-state index in [1.165, 1.54) is 0 Å². The molecule has 15 heavy (non-hydrogen) atoms. The number of Topliss-reactive ketones (excluding diaryl/α,β-unsaturated/α-hetero) is 1. The second-order valence-electron chi connectivity index (χ2n) is 5.19. The molecule has 0 radical (unpaired) electrons. The van der Waals surface area contributed by atoms with E-state index in [9.17, 15) is 9.59 Å². The van der Waals surface area contributed by atoms with E-state index in [1.807, 2.05) is 0 Å². The van der Waals surface area contributed by atoms with Crippen LogP contribution in [0.2, 0.25) is 0 Å². The van der Waals surface area contributed by atoms with Crippen molar-refractivity contribution in [2.45, 2.75) is 32.2 Å². The Bertz CT molecular complexity index is 309. The molecule has 3 saturated carbocycles. The molecular weight excluding hydrogens is 262 g/mol. The molecule has 0 saturated heterocycles. The van der Waals surface area contributed by atoms with E-state index in [-0.39, 0.29) is 16.5 Å². The van der Waals surface area contributed by atoms with E-state index in [2.05, 4.69) is 28.2 Å². The molecule has 3 aliphatic carbocycles. The third-order valence-electron chi connectivity index (χ3n) is 3.67. The van der Waals surface area contributed by atoms with Gasteiger partial charge in [0.2, 0.25) is 0 Å². The van der Waals surface area contributed by atoms with Gasteiger partial charge in [-0.3, -0.25) is 4.79 Å². The Hall–Kier alpha value is -0.580. The Morgan fingerprint density at radius 2 is 2.00 bits per heavy atom. The molecule has 3 fully saturated rings. The number of carboxylic acid groups (broad SMARTS) is 1. The first-order chi connectivity index (χ1) is 6.91. The molecule has 1 unspecified atom stereocenters. The van der Waals surface area contributed by atoms with Crippen LogP contribution in [0.4, 0.5) is 4.79 Å². The number of carbonyl (C=O) groups is 2. The van der Waals surface area contributed by atoms with Crippen LogP contribution in [0.15, 0.2) is 0 Å². The van der Waals surface area contributed by atoms with Crippen molar-refractivity contribution in [2.24, 2.45) is 10.8 Å². The molecule has 1 amide bonds. The average molecular weight is 276 g/mol. The van der Waals surface area contributed by atoms with Crippen molar-refractivity contribution in [3.63, 3.8) is 0 Å². The van der Waals surface area contributed by atoms with Crippen molar-refractivity contribution in [2.75, 3.05) is 5.33 Å². The van der Waals surface area contributed by atoms with Gasteiger partial charge in [-0.2, -0.15) is 0 Å². The van der Waals surface area contributed by atoms with Crippen molar-refractivity contribution in [1.29, 1.82) is 0 Å². The lowest BCUT2D eigenvalue weighted by Gasteiger charge is -2.71. The number of amides is 1. The molecule has 3 rings (SSSR count). The molecular formula is C10H14BrNO3. The highest BCUT2D eigenvalue weighted by atomic mass is 79.9. The molecule has 0 spiro atoms. The van der Waals surface area contributed by atoms with Gasteiger partial charge in [0, 0.05) is 0 Å². The Morgan fingerprint density at radius 1 is 1.47 bits per heavy atom. The van der Waals surface area contributed by atoms with Crippen molar-refractivity contribution in [3.05, 3.63) is 0 Å². The van der Waals surface area contributed by atoms with Crippen LogP contribution in [-0.4, -0.2) is 28.4 Å². The molecule has 2 N–H and O–H groups in total. The van der Waals surface area contributed by atoms with Gasteiger partial charge >= 0.3 is 6.09 Å². The van der Waals surface area contributed by atoms with Gasteiger partial charge in [-0.05, 0) is 30.1 Å². The largest absolute Gasteiger partial charge is 0.465 e. The molecule has 0 aromatic rings. The monoisotopic (exact) mass is 275 g/mol. The van der Waals surface area contributed by atoms with Crippen molar-refractivity contribution >= 4 is 27.8 Å². The number of hydrogen-bond acceptors (Lipinski definition) is 2. The lowest BCUT2D eigenvalue weighted by molar-refractivity contribution is -0.207. The van der Waals surface area contributed by atoms with Crippen LogP contribution in [0.5, 0.6) is 0 Å². The minimum absolute atomic E-state index is 0.0563. The van der Waals surface area contributed by atoms with E-state index in [0.717, 1.165) is 19.3 Å². The number of nitrogens with one attached hydrogen (secondary N) is 1. The number of rotatable bonds is 4. The quantitative estimate of drug-likeness (QED) is 0.769. The molecule has 0 heterocycles. The number of hydrogen-bond donors (Lipinski definition) is 2. The van der Waals surface area contributed by atoms with Crippen LogP contribution in [0.3, 0.4) is 0 Å². The molecule has 0 aromatic carbocycles. The molecule has 0 aromatic heterocycles. The summed E-state index contributed by atoms with van der Waals surface area (Å²) in [4.78, 5) is 22.3. The number of carbonyl (C=O) groups excluding carboxylic acids is 1. The van der Waals surface area contributed by atoms with Gasteiger partial charge < -0.3 is 10.4 Å². The van der Waals surface area contributed by atoms with E-state index in [4.69, 9.17) is 5.11 Å². The van der Waals surface area contributed by atoms with Gasteiger partial charge in [0.15, 0.2) is 5.78 Å². The molecule has 84 valence electrons. The maximum absolute atomic E-state index is 11.6. The van der Waals surface area contributed by atoms with Crippen LogP contribution < -0.4 is 5.32 Å². The second-order valence-corrected chi connectivity index (χ2v) is 5.75. The van der Waals surface area contributed by atoms with Crippen LogP contribution in [0, 0.1) is 10.8 Å². The maximum atomic E-state index is 11.6. The molecule has 0 aliphatic heterocycles. The van der Waals surface area contributed by atoms with Crippen LogP contribution in [-0.2, 0) is 4.79 Å². The predicted octanol–water partition coefficient (Wildman–Crippen LogP) is 1.78. The highest BCUT2D eigenvalue weighted by Crippen LogP contribution is 2.74. The Labute approximate surface area is 96.5 Å². The summed E-state index contributed by atoms with van der Waals surface area (Å²) in [5.74, 6) is -0.0563. The first kappa shape index (κ1) is 10.9. The van der Waals surface area contributed by atoms with E-state index in [1.54, 1.807) is 0 Å². The van der Waals surface area contributed by atoms with Crippen LogP contribution in [0.25, 0.3) is 0 Å². The van der Waals surface area contributed by atoms with Gasteiger partial charge in [-0.25, -0.2) is 4.79 Å². The minimum Gasteiger partial charge on any atom is -0.465 e. The predicted molar refractivity (Wildman–Crippen MR) is 58.1 cm³/mol. The summed E-state index contributed by atoms with van der Waals surface area (Å²) in [5, 5.41) is 11.3. The zero-order valence-electron chi connectivity index (χ0n) is 8.55. The fourth-order valence-electron chi connectivity index (χ4n) is 3.48. The summed E-state index contributed by atoms with van der Waals surface area (Å²) in [6, 6.07) is -0.517. The number of alkyl halides is 1. The zero-order chi connectivity index (χ0) is 11.3. The highest BCUT2D eigenvalue weighted by Gasteiger charge is 2.69. The maximum Gasteiger partial charge on any atom is 0.405 e. The van der Waals surface area contributed by atoms with Crippen molar-refractivity contribution in [1.82, 2.24) is 5.32 Å². The fourth-order valence-corrected chi connectivity index (χ4v) is 3.80. The zero-order valence-corrected chi connectivity index (χ0v) is 10.1. The molecule has 2 bridgehead atoms. The Balaban J connectivity index is 2.07. The van der Waals surface area contributed by atoms with Gasteiger partial charge in [-0.1, -0.05) is 22.9 Å². The van der Waals surface area contributed by atoms with E-state index in [0.29, 0.717) is 5.41 Å². The summed E-state index contributed by atoms with van der Waals surface area (Å²) >= 11 is 3.10. The smallest absolute Gasteiger partial charge is 0.405 e. The number of halogens is 1. The van der Waals surface area contributed by atoms with Gasteiger partial charge in [0.05, 0.1) is 11.4 Å². The van der Waals surface area contributed by atoms with Crippen LogP contribution >= 0.6 is 15.9 Å². The normalized spacial score (nSPS) is 38.5. The third kappa shape index (κ3) is 1.57.